The molecule has 0 aromatic carbocycles. The van der Waals surface area contributed by atoms with Gasteiger partial charge in [-0.25, -0.2) is 14.8 Å². The van der Waals surface area contributed by atoms with Crippen LogP contribution in [0.25, 0.3) is 11.3 Å². The number of piperidine rings is 1. The van der Waals surface area contributed by atoms with Gasteiger partial charge in [0.25, 0.3) is 0 Å². The first kappa shape index (κ1) is 9.53. The maximum Gasteiger partial charge on any atom is 0.329 e. The van der Waals surface area contributed by atoms with Gasteiger partial charge in [0.2, 0.25) is 0 Å². The third-order valence-electron chi connectivity index (χ3n) is 3.03. The molecule has 1 aliphatic heterocycles. The molecule has 0 bridgehead atoms. The lowest BCUT2D eigenvalue weighted by Gasteiger charge is -2.23. The Morgan fingerprint density at radius 1 is 1.25 bits per heavy atom. The van der Waals surface area contributed by atoms with Crippen LogP contribution in [0.3, 0.4) is 0 Å². The van der Waals surface area contributed by atoms with Gasteiger partial charge in [-0.3, -0.25) is 9.55 Å². The highest BCUT2D eigenvalue weighted by Gasteiger charge is 2.20. The molecule has 1 fully saturated rings. The minimum Gasteiger partial charge on any atom is -0.317 e. The lowest BCUT2D eigenvalue weighted by atomic mass is 10.1. The maximum atomic E-state index is 11.8. The first-order chi connectivity index (χ1) is 7.86. The average Bonchev–Trinajstić information content (AvgIpc) is 2.66. The second kappa shape index (κ2) is 3.71. The number of fused-ring (bicyclic) bond motifs is 1. The molecule has 0 amide bonds. The van der Waals surface area contributed by atoms with E-state index >= 15 is 0 Å². The fourth-order valence-corrected chi connectivity index (χ4v) is 2.26. The van der Waals surface area contributed by atoms with Crippen LogP contribution in [-0.2, 0) is 0 Å². The van der Waals surface area contributed by atoms with Crippen LogP contribution in [0, 0.1) is 0 Å². The smallest absolute Gasteiger partial charge is 0.317 e. The number of nitrogens with one attached hydrogen (secondary N) is 2. The Morgan fingerprint density at radius 2 is 2.00 bits per heavy atom. The molecule has 0 spiro atoms. The number of aromatic nitrogens is 4. The predicted octanol–water partition coefficient (Wildman–Crippen LogP) is 0.0441. The summed E-state index contributed by atoms with van der Waals surface area (Å²) in [7, 11) is 0. The lowest BCUT2D eigenvalue weighted by molar-refractivity contribution is 0.367. The predicted molar refractivity (Wildman–Crippen MR) is 59.3 cm³/mol. The fraction of sp³-hybridized carbons (Fsp3) is 0.500. The average molecular weight is 219 g/mol. The Bertz CT molecular complexity index is 552. The zero-order chi connectivity index (χ0) is 11.0. The van der Waals surface area contributed by atoms with Gasteiger partial charge in [-0.05, 0) is 25.9 Å². The minimum atomic E-state index is -0.104. The van der Waals surface area contributed by atoms with E-state index in [-0.39, 0.29) is 11.7 Å². The molecule has 0 saturated carbocycles. The lowest BCUT2D eigenvalue weighted by Crippen LogP contribution is -2.33. The van der Waals surface area contributed by atoms with Crippen molar-refractivity contribution in [1.82, 2.24) is 24.8 Å². The number of H-pyrrole nitrogens is 1. The van der Waals surface area contributed by atoms with E-state index in [1.165, 1.54) is 0 Å². The van der Waals surface area contributed by atoms with Gasteiger partial charge in [0.15, 0.2) is 11.3 Å². The van der Waals surface area contributed by atoms with E-state index in [1.54, 1.807) is 17.0 Å². The third kappa shape index (κ3) is 1.42. The summed E-state index contributed by atoms with van der Waals surface area (Å²) < 4.78 is 1.74. The maximum absolute atomic E-state index is 11.8. The van der Waals surface area contributed by atoms with Crippen LogP contribution in [-0.4, -0.2) is 32.6 Å². The van der Waals surface area contributed by atoms with Crippen molar-refractivity contribution >= 4 is 11.3 Å². The summed E-state index contributed by atoms with van der Waals surface area (Å²) >= 11 is 0. The summed E-state index contributed by atoms with van der Waals surface area (Å²) in [5.41, 5.74) is 1.14. The van der Waals surface area contributed by atoms with Gasteiger partial charge in [0.1, 0.15) is 0 Å². The molecule has 2 aromatic rings. The van der Waals surface area contributed by atoms with E-state index in [9.17, 15) is 4.79 Å². The summed E-state index contributed by atoms with van der Waals surface area (Å²) in [5.74, 6) is 0. The molecule has 3 heterocycles. The highest BCUT2D eigenvalue weighted by molar-refractivity contribution is 5.64. The molecular weight excluding hydrogens is 206 g/mol. The van der Waals surface area contributed by atoms with E-state index in [2.05, 4.69) is 20.3 Å². The van der Waals surface area contributed by atoms with E-state index < -0.39 is 0 Å². The zero-order valence-electron chi connectivity index (χ0n) is 8.81. The van der Waals surface area contributed by atoms with Gasteiger partial charge in [-0.15, -0.1) is 0 Å². The van der Waals surface area contributed by atoms with Crippen molar-refractivity contribution in [3.05, 3.63) is 22.9 Å². The van der Waals surface area contributed by atoms with Crippen molar-refractivity contribution in [1.29, 1.82) is 0 Å². The molecule has 2 N–H and O–H groups in total. The van der Waals surface area contributed by atoms with Gasteiger partial charge >= 0.3 is 5.69 Å². The normalized spacial score (nSPS) is 18.0. The summed E-state index contributed by atoms with van der Waals surface area (Å²) in [6.07, 6.45) is 5.13. The van der Waals surface area contributed by atoms with Gasteiger partial charge in [0, 0.05) is 18.4 Å². The fourth-order valence-electron chi connectivity index (χ4n) is 2.26. The first-order valence-electron chi connectivity index (χ1n) is 5.48. The molecular formula is C10H13N5O. The Kier molecular flexibility index (Phi) is 2.21. The van der Waals surface area contributed by atoms with E-state index in [0.29, 0.717) is 11.3 Å². The topological polar surface area (TPSA) is 75.6 Å². The summed E-state index contributed by atoms with van der Waals surface area (Å²) in [5, 5.41) is 3.28. The number of aromatic amines is 1. The van der Waals surface area contributed by atoms with Gasteiger partial charge in [-0.2, -0.15) is 0 Å². The second-order valence-corrected chi connectivity index (χ2v) is 4.01. The van der Waals surface area contributed by atoms with Gasteiger partial charge < -0.3 is 5.32 Å². The molecule has 0 unspecified atom stereocenters. The highest BCUT2D eigenvalue weighted by Crippen LogP contribution is 2.19. The number of hydrogen-bond donors (Lipinski definition) is 2. The van der Waals surface area contributed by atoms with Crippen molar-refractivity contribution in [3.8, 4) is 0 Å². The Labute approximate surface area is 91.7 Å². The quantitative estimate of drug-likeness (QED) is 0.710. The van der Waals surface area contributed by atoms with E-state index in [0.717, 1.165) is 25.9 Å². The van der Waals surface area contributed by atoms with Crippen LogP contribution < -0.4 is 11.0 Å². The molecule has 6 nitrogen and oxygen atoms in total. The molecule has 0 atom stereocenters. The van der Waals surface area contributed by atoms with Crippen molar-refractivity contribution < 1.29 is 0 Å². The second-order valence-electron chi connectivity index (χ2n) is 4.01. The minimum absolute atomic E-state index is 0.104. The molecule has 0 radical (unpaired) electrons. The number of nitrogens with zero attached hydrogens (tertiary/aromatic N) is 3. The summed E-state index contributed by atoms with van der Waals surface area (Å²) in [6, 6.07) is 0.235. The molecule has 3 rings (SSSR count). The van der Waals surface area contributed by atoms with E-state index in [1.807, 2.05) is 0 Å². The van der Waals surface area contributed by atoms with Crippen LogP contribution in [0.5, 0.6) is 0 Å². The zero-order valence-corrected chi connectivity index (χ0v) is 8.81. The van der Waals surface area contributed by atoms with Crippen LogP contribution in [0.1, 0.15) is 18.9 Å². The van der Waals surface area contributed by atoms with Crippen LogP contribution in [0.15, 0.2) is 17.2 Å². The standard InChI is InChI=1S/C10H13N5O/c16-10-14-8-9(13-6-5-12-8)15(10)7-1-3-11-4-2-7/h5-7,11H,1-4H2,(H,12,14,16). The third-order valence-corrected chi connectivity index (χ3v) is 3.03. The van der Waals surface area contributed by atoms with Crippen molar-refractivity contribution in [2.75, 3.05) is 13.1 Å². The van der Waals surface area contributed by atoms with Crippen molar-refractivity contribution in [2.45, 2.75) is 18.9 Å². The van der Waals surface area contributed by atoms with Crippen LogP contribution >= 0.6 is 0 Å². The number of hydrogen-bond acceptors (Lipinski definition) is 4. The van der Waals surface area contributed by atoms with Gasteiger partial charge in [0.05, 0.1) is 0 Å². The van der Waals surface area contributed by atoms with Crippen molar-refractivity contribution in [2.24, 2.45) is 0 Å². The molecule has 1 saturated heterocycles. The summed E-state index contributed by atoms with van der Waals surface area (Å²) in [6.45, 7) is 1.90. The Balaban J connectivity index is 2.14. The molecule has 2 aromatic heterocycles. The monoisotopic (exact) mass is 219 g/mol. The van der Waals surface area contributed by atoms with Crippen LogP contribution in [0.4, 0.5) is 0 Å². The molecule has 0 aliphatic carbocycles. The Hall–Kier alpha value is -1.69. The highest BCUT2D eigenvalue weighted by atomic mass is 16.1. The molecule has 84 valence electrons. The summed E-state index contributed by atoms with van der Waals surface area (Å²) in [4.78, 5) is 22.9. The largest absolute Gasteiger partial charge is 0.329 e. The molecule has 1 aliphatic rings. The first-order valence-corrected chi connectivity index (χ1v) is 5.48. The van der Waals surface area contributed by atoms with E-state index in [4.69, 9.17) is 0 Å². The Morgan fingerprint density at radius 3 is 2.81 bits per heavy atom. The number of rotatable bonds is 1. The van der Waals surface area contributed by atoms with Crippen LogP contribution in [0.2, 0.25) is 0 Å². The van der Waals surface area contributed by atoms with Gasteiger partial charge in [-0.1, -0.05) is 0 Å². The molecule has 6 heteroatoms. The van der Waals surface area contributed by atoms with Crippen molar-refractivity contribution in [3.63, 3.8) is 0 Å². The molecule has 16 heavy (non-hydrogen) atoms. The number of imidazole rings is 1. The SMILES string of the molecule is O=c1[nH]c2nccnc2n1C1CCNCC1.